The molecule has 1 N–H and O–H groups in total. The summed E-state index contributed by atoms with van der Waals surface area (Å²) in [5.74, 6) is 2.27. The lowest BCUT2D eigenvalue weighted by atomic mass is 10.0. The van der Waals surface area contributed by atoms with Crippen LogP contribution in [0.5, 0.6) is 5.75 Å². The lowest BCUT2D eigenvalue weighted by Gasteiger charge is -2.07. The Bertz CT molecular complexity index is 785. The maximum Gasteiger partial charge on any atom is 0.146 e. The Hall–Kier alpha value is -2.29. The largest absolute Gasteiger partial charge is 0.486 e. The van der Waals surface area contributed by atoms with Crippen molar-refractivity contribution in [1.29, 1.82) is 0 Å². The predicted octanol–water partition coefficient (Wildman–Crippen LogP) is 4.88. The van der Waals surface area contributed by atoms with Gasteiger partial charge in [0.2, 0.25) is 0 Å². The van der Waals surface area contributed by atoms with Crippen LogP contribution in [0.3, 0.4) is 0 Å². The Balaban J connectivity index is 1.75. The summed E-state index contributed by atoms with van der Waals surface area (Å²) in [5.41, 5.74) is 5.86. The Morgan fingerprint density at radius 3 is 2.50 bits per heavy atom. The van der Waals surface area contributed by atoms with Gasteiger partial charge in [-0.15, -0.1) is 0 Å². The van der Waals surface area contributed by atoms with E-state index in [9.17, 15) is 0 Å². The molecule has 0 aliphatic heterocycles. The average Bonchev–Trinajstić information content (AvgIpc) is 2.89. The first-order valence-corrected chi connectivity index (χ1v) is 7.71. The number of aromatic nitrogens is 2. The molecule has 0 spiro atoms. The number of hydrogen-bond donors (Lipinski definition) is 1. The van der Waals surface area contributed by atoms with Gasteiger partial charge in [0, 0.05) is 0 Å². The molecular weight excluding hydrogens is 272 g/mol. The fourth-order valence-corrected chi connectivity index (χ4v) is 2.69. The van der Waals surface area contributed by atoms with E-state index in [0.29, 0.717) is 12.5 Å². The molecule has 0 amide bonds. The molecular formula is C19H22N2O. The van der Waals surface area contributed by atoms with Crippen molar-refractivity contribution in [1.82, 2.24) is 9.97 Å². The number of rotatable bonds is 4. The fourth-order valence-electron chi connectivity index (χ4n) is 2.69. The van der Waals surface area contributed by atoms with Gasteiger partial charge < -0.3 is 9.72 Å². The lowest BCUT2D eigenvalue weighted by Crippen LogP contribution is -1.97. The predicted molar refractivity (Wildman–Crippen MR) is 90.4 cm³/mol. The summed E-state index contributed by atoms with van der Waals surface area (Å²) in [4.78, 5) is 7.97. The third-order valence-electron chi connectivity index (χ3n) is 3.89. The molecule has 114 valence electrons. The molecule has 0 fully saturated rings. The van der Waals surface area contributed by atoms with Gasteiger partial charge in [0.1, 0.15) is 18.2 Å². The first kappa shape index (κ1) is 14.6. The van der Waals surface area contributed by atoms with Crippen LogP contribution in [0.1, 0.15) is 42.3 Å². The van der Waals surface area contributed by atoms with Gasteiger partial charge in [0.15, 0.2) is 0 Å². The van der Waals surface area contributed by atoms with Crippen molar-refractivity contribution in [2.75, 3.05) is 0 Å². The summed E-state index contributed by atoms with van der Waals surface area (Å²) in [7, 11) is 0. The van der Waals surface area contributed by atoms with Crippen LogP contribution in [0, 0.1) is 13.8 Å². The normalized spacial score (nSPS) is 11.3. The molecule has 22 heavy (non-hydrogen) atoms. The summed E-state index contributed by atoms with van der Waals surface area (Å²) in [6, 6.07) is 12.5. The van der Waals surface area contributed by atoms with Crippen LogP contribution in [-0.2, 0) is 6.61 Å². The molecule has 0 aliphatic carbocycles. The molecule has 3 nitrogen and oxygen atoms in total. The van der Waals surface area contributed by atoms with E-state index >= 15 is 0 Å². The maximum absolute atomic E-state index is 5.83. The topological polar surface area (TPSA) is 37.9 Å². The number of aryl methyl sites for hydroxylation is 2. The van der Waals surface area contributed by atoms with Crippen LogP contribution in [0.4, 0.5) is 0 Å². The minimum Gasteiger partial charge on any atom is -0.486 e. The summed E-state index contributed by atoms with van der Waals surface area (Å²) < 4.78 is 5.83. The number of aromatic amines is 1. The second kappa shape index (κ2) is 5.84. The van der Waals surface area contributed by atoms with Crippen molar-refractivity contribution in [3.8, 4) is 5.75 Å². The van der Waals surface area contributed by atoms with E-state index in [-0.39, 0.29) is 0 Å². The van der Waals surface area contributed by atoms with Crippen molar-refractivity contribution in [3.05, 3.63) is 58.9 Å². The molecule has 1 heterocycles. The molecule has 0 saturated heterocycles. The van der Waals surface area contributed by atoms with Crippen LogP contribution < -0.4 is 4.74 Å². The highest BCUT2D eigenvalue weighted by molar-refractivity contribution is 5.79. The van der Waals surface area contributed by atoms with E-state index in [1.165, 1.54) is 16.7 Å². The van der Waals surface area contributed by atoms with Crippen LogP contribution in [0.2, 0.25) is 0 Å². The summed E-state index contributed by atoms with van der Waals surface area (Å²) in [5, 5.41) is 0. The molecule has 3 rings (SSSR count). The van der Waals surface area contributed by atoms with Crippen LogP contribution in [-0.4, -0.2) is 9.97 Å². The van der Waals surface area contributed by atoms with Gasteiger partial charge in [-0.1, -0.05) is 32.0 Å². The molecule has 0 radical (unpaired) electrons. The summed E-state index contributed by atoms with van der Waals surface area (Å²) in [6.45, 7) is 9.02. The molecule has 3 aromatic rings. The third-order valence-corrected chi connectivity index (χ3v) is 3.89. The number of H-pyrrole nitrogens is 1. The number of nitrogens with one attached hydrogen (secondary N) is 1. The van der Waals surface area contributed by atoms with Gasteiger partial charge in [0.05, 0.1) is 11.0 Å². The van der Waals surface area contributed by atoms with Crippen molar-refractivity contribution in [2.45, 2.75) is 40.2 Å². The monoisotopic (exact) mass is 294 g/mol. The second-order valence-corrected chi connectivity index (χ2v) is 6.17. The smallest absolute Gasteiger partial charge is 0.146 e. The van der Waals surface area contributed by atoms with Crippen LogP contribution in [0.25, 0.3) is 11.0 Å². The minimum atomic E-state index is 0.453. The number of fused-ring (bicyclic) bond motifs is 1. The van der Waals surface area contributed by atoms with Gasteiger partial charge in [-0.05, 0) is 54.7 Å². The average molecular weight is 294 g/mol. The van der Waals surface area contributed by atoms with E-state index in [2.05, 4.69) is 61.9 Å². The third kappa shape index (κ3) is 2.98. The van der Waals surface area contributed by atoms with E-state index in [1.807, 2.05) is 12.1 Å². The van der Waals surface area contributed by atoms with Crippen molar-refractivity contribution in [3.63, 3.8) is 0 Å². The molecule has 0 bridgehead atoms. The molecule has 0 aliphatic rings. The fraction of sp³-hybridized carbons (Fsp3) is 0.316. The lowest BCUT2D eigenvalue weighted by molar-refractivity contribution is 0.297. The van der Waals surface area contributed by atoms with E-state index in [4.69, 9.17) is 4.74 Å². The Morgan fingerprint density at radius 2 is 1.82 bits per heavy atom. The minimum absolute atomic E-state index is 0.453. The van der Waals surface area contributed by atoms with Gasteiger partial charge in [-0.2, -0.15) is 0 Å². The molecule has 0 unspecified atom stereocenters. The number of nitrogens with zero attached hydrogens (tertiary/aromatic N) is 1. The van der Waals surface area contributed by atoms with Gasteiger partial charge >= 0.3 is 0 Å². The van der Waals surface area contributed by atoms with Gasteiger partial charge in [-0.3, -0.25) is 0 Å². The highest BCUT2D eigenvalue weighted by Crippen LogP contribution is 2.21. The first-order chi connectivity index (χ1) is 10.5. The number of ether oxygens (including phenoxy) is 1. The highest BCUT2D eigenvalue weighted by atomic mass is 16.5. The SMILES string of the molecule is Cc1cc(C)c2nc(COc3ccc(C(C)C)cc3)[nH]c2c1. The molecule has 1 aromatic heterocycles. The van der Waals surface area contributed by atoms with E-state index in [0.717, 1.165) is 22.6 Å². The van der Waals surface area contributed by atoms with E-state index < -0.39 is 0 Å². The number of benzene rings is 2. The molecule has 2 aromatic carbocycles. The standard InChI is InChI=1S/C19H22N2O/c1-12(2)15-5-7-16(8-6-15)22-11-18-20-17-10-13(3)9-14(4)19(17)21-18/h5-10,12H,11H2,1-4H3,(H,20,21). The molecule has 0 saturated carbocycles. The quantitative estimate of drug-likeness (QED) is 0.744. The van der Waals surface area contributed by atoms with E-state index in [1.54, 1.807) is 0 Å². The molecule has 3 heteroatoms. The van der Waals surface area contributed by atoms with Crippen LogP contribution in [0.15, 0.2) is 36.4 Å². The zero-order valence-corrected chi connectivity index (χ0v) is 13.6. The Labute approximate surface area is 131 Å². The van der Waals surface area contributed by atoms with Crippen molar-refractivity contribution < 1.29 is 4.74 Å². The van der Waals surface area contributed by atoms with Gasteiger partial charge in [0.25, 0.3) is 0 Å². The van der Waals surface area contributed by atoms with Crippen molar-refractivity contribution >= 4 is 11.0 Å². The first-order valence-electron chi connectivity index (χ1n) is 7.71. The van der Waals surface area contributed by atoms with Crippen molar-refractivity contribution in [2.24, 2.45) is 0 Å². The second-order valence-electron chi connectivity index (χ2n) is 6.17. The Kier molecular flexibility index (Phi) is 3.88. The summed E-state index contributed by atoms with van der Waals surface area (Å²) >= 11 is 0. The zero-order valence-electron chi connectivity index (χ0n) is 13.6. The zero-order chi connectivity index (χ0) is 15.7. The maximum atomic E-state index is 5.83. The van der Waals surface area contributed by atoms with Crippen LogP contribution >= 0.6 is 0 Å². The van der Waals surface area contributed by atoms with Gasteiger partial charge in [-0.25, -0.2) is 4.98 Å². The molecule has 0 atom stereocenters. The number of imidazole rings is 1. The Morgan fingerprint density at radius 1 is 1.09 bits per heavy atom. The number of hydrogen-bond acceptors (Lipinski definition) is 2. The highest BCUT2D eigenvalue weighted by Gasteiger charge is 2.07. The summed E-state index contributed by atoms with van der Waals surface area (Å²) in [6.07, 6.45) is 0.